The van der Waals surface area contributed by atoms with E-state index < -0.39 is 0 Å². The van der Waals surface area contributed by atoms with E-state index in [1.165, 1.54) is 0 Å². The lowest BCUT2D eigenvalue weighted by atomic mass is 10.0. The number of aromatic nitrogens is 3. The highest BCUT2D eigenvalue weighted by molar-refractivity contribution is 6.31. The van der Waals surface area contributed by atoms with Crippen LogP contribution in [-0.2, 0) is 0 Å². The average molecular weight is 335 g/mol. The lowest BCUT2D eigenvalue weighted by Gasteiger charge is -2.12. The number of benzene rings is 2. The number of phenolic OH excluding ortho intramolecular Hbond substituents is 1. The fraction of sp³-hybridized carbons (Fsp3) is 0.133. The zero-order valence-electron chi connectivity index (χ0n) is 11.9. The maximum atomic E-state index is 10.0. The summed E-state index contributed by atoms with van der Waals surface area (Å²) in [6.45, 7) is 3.89. The van der Waals surface area contributed by atoms with Gasteiger partial charge in [-0.05, 0) is 71.8 Å². The summed E-state index contributed by atoms with van der Waals surface area (Å²) in [5.41, 5.74) is 2.75. The van der Waals surface area contributed by atoms with Crippen molar-refractivity contribution in [2.75, 3.05) is 5.32 Å². The van der Waals surface area contributed by atoms with Gasteiger partial charge in [-0.3, -0.25) is 0 Å². The summed E-state index contributed by atoms with van der Waals surface area (Å²) in [4.78, 5) is 11.7. The molecule has 0 aliphatic carbocycles. The summed E-state index contributed by atoms with van der Waals surface area (Å²) in [6, 6.07) is 7.44. The zero-order valence-corrected chi connectivity index (χ0v) is 13.4. The number of aromatic hydroxyl groups is 1. The summed E-state index contributed by atoms with van der Waals surface area (Å²) in [5.74, 6) is 0.528. The van der Waals surface area contributed by atoms with Crippen LogP contribution < -0.4 is 5.32 Å². The van der Waals surface area contributed by atoms with Crippen LogP contribution in [0.5, 0.6) is 5.75 Å². The van der Waals surface area contributed by atoms with E-state index in [-0.39, 0.29) is 22.3 Å². The number of halogens is 2. The molecule has 0 atom stereocenters. The van der Waals surface area contributed by atoms with E-state index in [9.17, 15) is 5.11 Å². The van der Waals surface area contributed by atoms with E-state index in [1.54, 1.807) is 6.07 Å². The first-order chi connectivity index (χ1) is 10.4. The van der Waals surface area contributed by atoms with Crippen molar-refractivity contribution in [3.8, 4) is 5.75 Å². The predicted octanol–water partition coefficient (Wildman–Crippen LogP) is 4.40. The van der Waals surface area contributed by atoms with Crippen molar-refractivity contribution in [1.29, 1.82) is 0 Å². The van der Waals surface area contributed by atoms with Crippen LogP contribution in [0.3, 0.4) is 0 Å². The molecular weight excluding hydrogens is 323 g/mol. The SMILES string of the molecule is Cc1cc(O)c2ccc(Nc3nc(Cl)nc(Cl)n3)c(C)c2c1. The van der Waals surface area contributed by atoms with Crippen LogP contribution in [-0.4, -0.2) is 20.1 Å². The van der Waals surface area contributed by atoms with Gasteiger partial charge in [0.25, 0.3) is 0 Å². The number of anilines is 2. The summed E-state index contributed by atoms with van der Waals surface area (Å²) in [6.07, 6.45) is 0. The normalized spacial score (nSPS) is 10.9. The predicted molar refractivity (Wildman–Crippen MR) is 88.2 cm³/mol. The molecule has 3 aromatic rings. The zero-order chi connectivity index (χ0) is 15.9. The van der Waals surface area contributed by atoms with Crippen molar-refractivity contribution in [2.45, 2.75) is 13.8 Å². The number of rotatable bonds is 2. The molecule has 112 valence electrons. The number of hydrogen-bond donors (Lipinski definition) is 2. The fourth-order valence-corrected chi connectivity index (χ4v) is 2.70. The molecule has 1 heterocycles. The molecule has 7 heteroatoms. The van der Waals surface area contributed by atoms with Gasteiger partial charge in [-0.1, -0.05) is 6.07 Å². The molecule has 2 N–H and O–H groups in total. The Morgan fingerprint density at radius 3 is 2.32 bits per heavy atom. The monoisotopic (exact) mass is 334 g/mol. The lowest BCUT2D eigenvalue weighted by molar-refractivity contribution is 0.481. The topological polar surface area (TPSA) is 70.9 Å². The molecule has 22 heavy (non-hydrogen) atoms. The van der Waals surface area contributed by atoms with Gasteiger partial charge in [0.05, 0.1) is 0 Å². The highest BCUT2D eigenvalue weighted by Crippen LogP contribution is 2.33. The maximum Gasteiger partial charge on any atom is 0.232 e. The minimum atomic E-state index is 0.0226. The number of fused-ring (bicyclic) bond motifs is 1. The van der Waals surface area contributed by atoms with Crippen LogP contribution in [0, 0.1) is 13.8 Å². The van der Waals surface area contributed by atoms with E-state index in [0.29, 0.717) is 0 Å². The van der Waals surface area contributed by atoms with Gasteiger partial charge in [-0.15, -0.1) is 0 Å². The van der Waals surface area contributed by atoms with Gasteiger partial charge in [0.2, 0.25) is 16.5 Å². The van der Waals surface area contributed by atoms with Gasteiger partial charge >= 0.3 is 0 Å². The second kappa shape index (κ2) is 5.59. The van der Waals surface area contributed by atoms with Crippen LogP contribution in [0.4, 0.5) is 11.6 Å². The molecule has 0 aliphatic heterocycles. The average Bonchev–Trinajstić information content (AvgIpc) is 2.41. The van der Waals surface area contributed by atoms with Crippen molar-refractivity contribution >= 4 is 45.6 Å². The highest BCUT2D eigenvalue weighted by Gasteiger charge is 2.10. The van der Waals surface area contributed by atoms with Crippen LogP contribution in [0.1, 0.15) is 11.1 Å². The molecule has 1 aromatic heterocycles. The number of aryl methyl sites for hydroxylation is 2. The van der Waals surface area contributed by atoms with E-state index in [0.717, 1.165) is 27.6 Å². The molecule has 5 nitrogen and oxygen atoms in total. The third-order valence-corrected chi connectivity index (χ3v) is 3.69. The highest BCUT2D eigenvalue weighted by atomic mass is 35.5. The largest absolute Gasteiger partial charge is 0.507 e. The third kappa shape index (κ3) is 2.77. The molecule has 0 fully saturated rings. The second-order valence-electron chi connectivity index (χ2n) is 4.94. The fourth-order valence-electron chi connectivity index (χ4n) is 2.34. The summed E-state index contributed by atoms with van der Waals surface area (Å²) in [5, 5.41) is 14.9. The van der Waals surface area contributed by atoms with E-state index in [4.69, 9.17) is 23.2 Å². The Morgan fingerprint density at radius 1 is 0.955 bits per heavy atom. The minimum absolute atomic E-state index is 0.0226. The molecule has 0 amide bonds. The van der Waals surface area contributed by atoms with E-state index in [2.05, 4.69) is 20.3 Å². The standard InChI is InChI=1S/C15H12Cl2N4O/c1-7-5-10-8(2)11(4-3-9(10)12(22)6-7)18-15-20-13(16)19-14(17)21-15/h3-6,22H,1-2H3,(H,18,19,20,21). The Bertz CT molecular complexity index is 863. The Hall–Kier alpha value is -2.11. The number of hydrogen-bond acceptors (Lipinski definition) is 5. The number of nitrogens with one attached hydrogen (secondary N) is 1. The number of nitrogens with zero attached hydrogens (tertiary/aromatic N) is 3. The molecule has 0 unspecified atom stereocenters. The van der Waals surface area contributed by atoms with Gasteiger partial charge in [-0.25, -0.2) is 0 Å². The molecule has 3 rings (SSSR count). The van der Waals surface area contributed by atoms with E-state index in [1.807, 2.05) is 32.0 Å². The molecule has 2 aromatic carbocycles. The smallest absolute Gasteiger partial charge is 0.232 e. The van der Waals surface area contributed by atoms with Gasteiger partial charge in [0.15, 0.2) is 0 Å². The molecule has 0 aliphatic rings. The van der Waals surface area contributed by atoms with Crippen LogP contribution in [0.2, 0.25) is 10.6 Å². The van der Waals surface area contributed by atoms with Crippen LogP contribution in [0.25, 0.3) is 10.8 Å². The molecule has 0 radical (unpaired) electrons. The Balaban J connectivity index is 2.10. The van der Waals surface area contributed by atoms with Crippen molar-refractivity contribution in [3.05, 3.63) is 46.0 Å². The number of phenols is 1. The Kier molecular flexibility index (Phi) is 3.76. The molecule has 0 saturated carbocycles. The van der Waals surface area contributed by atoms with Crippen molar-refractivity contribution < 1.29 is 5.11 Å². The van der Waals surface area contributed by atoms with Crippen LogP contribution >= 0.6 is 23.2 Å². The van der Waals surface area contributed by atoms with Crippen molar-refractivity contribution in [3.63, 3.8) is 0 Å². The Morgan fingerprint density at radius 2 is 1.64 bits per heavy atom. The first kappa shape index (κ1) is 14.8. The molecular formula is C15H12Cl2N4O. The van der Waals surface area contributed by atoms with Crippen molar-refractivity contribution in [1.82, 2.24) is 15.0 Å². The molecule has 0 bridgehead atoms. The third-order valence-electron chi connectivity index (χ3n) is 3.35. The first-order valence-corrected chi connectivity index (χ1v) is 7.26. The lowest BCUT2D eigenvalue weighted by Crippen LogP contribution is -2.01. The quantitative estimate of drug-likeness (QED) is 0.726. The second-order valence-corrected chi connectivity index (χ2v) is 5.62. The minimum Gasteiger partial charge on any atom is -0.507 e. The van der Waals surface area contributed by atoms with Gasteiger partial charge in [-0.2, -0.15) is 15.0 Å². The summed E-state index contributed by atoms with van der Waals surface area (Å²) >= 11 is 11.5. The summed E-state index contributed by atoms with van der Waals surface area (Å²) in [7, 11) is 0. The Labute approximate surface area is 137 Å². The first-order valence-electron chi connectivity index (χ1n) is 6.51. The summed E-state index contributed by atoms with van der Waals surface area (Å²) < 4.78 is 0. The van der Waals surface area contributed by atoms with Gasteiger partial charge in [0, 0.05) is 11.1 Å². The van der Waals surface area contributed by atoms with Crippen molar-refractivity contribution in [2.24, 2.45) is 0 Å². The van der Waals surface area contributed by atoms with E-state index >= 15 is 0 Å². The van der Waals surface area contributed by atoms with Gasteiger partial charge < -0.3 is 10.4 Å². The molecule has 0 saturated heterocycles. The maximum absolute atomic E-state index is 10.0. The van der Waals surface area contributed by atoms with Crippen LogP contribution in [0.15, 0.2) is 24.3 Å². The van der Waals surface area contributed by atoms with Gasteiger partial charge in [0.1, 0.15) is 5.75 Å². The molecule has 0 spiro atoms.